The Balaban J connectivity index is 3.58. The van der Waals surface area contributed by atoms with Gasteiger partial charge in [0.1, 0.15) is 5.54 Å². The molecule has 0 aliphatic rings. The van der Waals surface area contributed by atoms with E-state index in [4.69, 9.17) is 5.84 Å². The molecule has 4 N–H and O–H groups in total. The lowest BCUT2D eigenvalue weighted by molar-refractivity contribution is -0.736. The Bertz CT molecular complexity index is 49.3. The van der Waals surface area contributed by atoms with Crippen LogP contribution in [0.5, 0.6) is 0 Å². The summed E-state index contributed by atoms with van der Waals surface area (Å²) < 4.78 is 0. The van der Waals surface area contributed by atoms with E-state index in [-0.39, 0.29) is 5.54 Å². The molecule has 0 bridgehead atoms. The minimum atomic E-state index is 0.278. The van der Waals surface area contributed by atoms with Crippen molar-refractivity contribution in [2.75, 3.05) is 0 Å². The van der Waals surface area contributed by atoms with Crippen molar-refractivity contribution >= 4 is 0 Å². The minimum Gasteiger partial charge on any atom is -0.267 e. The highest BCUT2D eigenvalue weighted by molar-refractivity contribution is 4.64. The van der Waals surface area contributed by atoms with Crippen LogP contribution in [0, 0.1) is 0 Å². The fourth-order valence-corrected chi connectivity index (χ4v) is 0.486. The summed E-state index contributed by atoms with van der Waals surface area (Å²) in [7, 11) is 0. The van der Waals surface area contributed by atoms with Crippen LogP contribution in [0.3, 0.4) is 0 Å². The van der Waals surface area contributed by atoms with Gasteiger partial charge in [-0.2, -0.15) is 5.84 Å². The highest BCUT2D eigenvalue weighted by Gasteiger charge is 2.20. The third-order valence-corrected chi connectivity index (χ3v) is 2.02. The van der Waals surface area contributed by atoms with Crippen LogP contribution < -0.4 is 11.3 Å². The van der Waals surface area contributed by atoms with Crippen LogP contribution in [-0.4, -0.2) is 5.54 Å². The lowest BCUT2D eigenvalue weighted by Gasteiger charge is -2.20. The van der Waals surface area contributed by atoms with Crippen molar-refractivity contribution in [3.05, 3.63) is 0 Å². The van der Waals surface area contributed by atoms with Gasteiger partial charge in [0.15, 0.2) is 0 Å². The Morgan fingerprint density at radius 1 is 1.38 bits per heavy atom. The van der Waals surface area contributed by atoms with Crippen LogP contribution in [0.1, 0.15) is 33.6 Å². The van der Waals surface area contributed by atoms with Gasteiger partial charge < -0.3 is 0 Å². The molecular formula is C6H17N2+. The number of rotatable bonds is 3. The molecule has 2 heteroatoms. The van der Waals surface area contributed by atoms with E-state index >= 15 is 0 Å². The first kappa shape index (κ1) is 7.92. The van der Waals surface area contributed by atoms with Crippen molar-refractivity contribution in [3.8, 4) is 0 Å². The molecule has 0 saturated heterocycles. The van der Waals surface area contributed by atoms with E-state index in [0.717, 1.165) is 12.8 Å². The van der Waals surface area contributed by atoms with E-state index in [1.807, 2.05) is 0 Å². The summed E-state index contributed by atoms with van der Waals surface area (Å²) in [5.74, 6) is 5.40. The number of nitrogens with two attached hydrogens (primary N) is 2. The Hall–Kier alpha value is -0.0800. The maximum Gasteiger partial charge on any atom is 0.110 e. The molecular weight excluding hydrogens is 100 g/mol. The zero-order chi connectivity index (χ0) is 6.62. The summed E-state index contributed by atoms with van der Waals surface area (Å²) >= 11 is 0. The zero-order valence-corrected chi connectivity index (χ0v) is 6.07. The van der Waals surface area contributed by atoms with Gasteiger partial charge in [-0.3, -0.25) is 5.43 Å². The average Bonchev–Trinajstić information content (AvgIpc) is 1.87. The van der Waals surface area contributed by atoms with Gasteiger partial charge in [0.2, 0.25) is 0 Å². The van der Waals surface area contributed by atoms with Crippen LogP contribution >= 0.6 is 0 Å². The standard InChI is InChI=1S/C6H16N2/c1-4-6(3,5-2)8-7/h8H,4-5,7H2,1-3H3/p+1. The lowest BCUT2D eigenvalue weighted by atomic mass is 9.97. The van der Waals surface area contributed by atoms with E-state index in [1.54, 1.807) is 5.43 Å². The molecule has 8 heavy (non-hydrogen) atoms. The molecule has 2 nitrogen and oxygen atoms in total. The second kappa shape index (κ2) is 3.05. The summed E-state index contributed by atoms with van der Waals surface area (Å²) in [6.07, 6.45) is 2.28. The fourth-order valence-electron chi connectivity index (χ4n) is 0.486. The van der Waals surface area contributed by atoms with E-state index < -0.39 is 0 Å². The van der Waals surface area contributed by atoms with Crippen LogP contribution in [0.4, 0.5) is 0 Å². The van der Waals surface area contributed by atoms with Crippen LogP contribution in [-0.2, 0) is 0 Å². The Kier molecular flexibility index (Phi) is 3.02. The fraction of sp³-hybridized carbons (Fsp3) is 1.00. The summed E-state index contributed by atoms with van der Waals surface area (Å²) in [5, 5.41) is 0. The van der Waals surface area contributed by atoms with Crippen molar-refractivity contribution in [2.45, 2.75) is 39.2 Å². The molecule has 50 valence electrons. The first-order valence-corrected chi connectivity index (χ1v) is 3.24. The predicted molar refractivity (Wildman–Crippen MR) is 35.1 cm³/mol. The molecule has 0 unspecified atom stereocenters. The smallest absolute Gasteiger partial charge is 0.110 e. The molecule has 0 aromatic heterocycles. The van der Waals surface area contributed by atoms with Gasteiger partial charge in [-0.05, 0) is 6.92 Å². The normalized spacial score (nSPS) is 12.0. The molecule has 0 aromatic carbocycles. The molecule has 0 aliphatic heterocycles. The third-order valence-electron chi connectivity index (χ3n) is 2.02. The highest BCUT2D eigenvalue weighted by atomic mass is 15.3. The first-order valence-electron chi connectivity index (χ1n) is 3.24. The van der Waals surface area contributed by atoms with Crippen molar-refractivity contribution < 1.29 is 5.43 Å². The van der Waals surface area contributed by atoms with Gasteiger partial charge in [-0.1, -0.05) is 13.8 Å². The predicted octanol–water partition coefficient (Wildman–Crippen LogP) is 0.00220. The quantitative estimate of drug-likeness (QED) is 0.396. The molecule has 0 aromatic rings. The molecule has 0 spiro atoms. The molecule has 0 fully saturated rings. The second-order valence-corrected chi connectivity index (χ2v) is 2.53. The van der Waals surface area contributed by atoms with Crippen LogP contribution in [0.15, 0.2) is 0 Å². The van der Waals surface area contributed by atoms with Crippen molar-refractivity contribution in [3.63, 3.8) is 0 Å². The Labute approximate surface area is 51.4 Å². The van der Waals surface area contributed by atoms with E-state index in [0.29, 0.717) is 0 Å². The minimum absolute atomic E-state index is 0.278. The van der Waals surface area contributed by atoms with Crippen molar-refractivity contribution in [1.82, 2.24) is 0 Å². The number of hydrogen-bond donors (Lipinski definition) is 2. The summed E-state index contributed by atoms with van der Waals surface area (Å²) in [6, 6.07) is 0. The summed E-state index contributed by atoms with van der Waals surface area (Å²) in [4.78, 5) is 0. The molecule has 0 atom stereocenters. The number of hydrogen-bond acceptors (Lipinski definition) is 1. The van der Waals surface area contributed by atoms with Gasteiger partial charge in [0.25, 0.3) is 0 Å². The Morgan fingerprint density at radius 2 is 1.75 bits per heavy atom. The molecule has 0 radical (unpaired) electrons. The highest BCUT2D eigenvalue weighted by Crippen LogP contribution is 2.05. The van der Waals surface area contributed by atoms with Gasteiger partial charge in [0.05, 0.1) is 0 Å². The maximum absolute atomic E-state index is 5.40. The largest absolute Gasteiger partial charge is 0.267 e. The third kappa shape index (κ3) is 1.80. The summed E-state index contributed by atoms with van der Waals surface area (Å²) in [6.45, 7) is 6.49. The Morgan fingerprint density at radius 3 is 1.75 bits per heavy atom. The lowest BCUT2D eigenvalue weighted by Crippen LogP contribution is -3.01. The topological polar surface area (TPSA) is 42.6 Å². The molecule has 0 rings (SSSR count). The second-order valence-electron chi connectivity index (χ2n) is 2.53. The number of quaternary nitrogens is 1. The van der Waals surface area contributed by atoms with E-state index in [9.17, 15) is 0 Å². The van der Waals surface area contributed by atoms with Crippen molar-refractivity contribution in [2.24, 2.45) is 5.84 Å². The first-order chi connectivity index (χ1) is 3.68. The monoisotopic (exact) mass is 117 g/mol. The average molecular weight is 117 g/mol. The van der Waals surface area contributed by atoms with Crippen LogP contribution in [0.2, 0.25) is 0 Å². The molecule has 0 amide bonds. The maximum atomic E-state index is 5.40. The van der Waals surface area contributed by atoms with Gasteiger partial charge >= 0.3 is 0 Å². The van der Waals surface area contributed by atoms with E-state index in [1.165, 1.54) is 0 Å². The molecule has 0 saturated carbocycles. The molecule has 0 aliphatic carbocycles. The summed E-state index contributed by atoms with van der Waals surface area (Å²) in [5.41, 5.74) is 2.08. The van der Waals surface area contributed by atoms with Gasteiger partial charge in [-0.25, -0.2) is 0 Å². The SMILES string of the molecule is CCC(C)(CC)[NH2+]N. The zero-order valence-electron chi connectivity index (χ0n) is 6.07. The molecule has 0 heterocycles. The van der Waals surface area contributed by atoms with Gasteiger partial charge in [-0.15, -0.1) is 0 Å². The van der Waals surface area contributed by atoms with Crippen molar-refractivity contribution in [1.29, 1.82) is 0 Å². The van der Waals surface area contributed by atoms with E-state index in [2.05, 4.69) is 20.8 Å². The van der Waals surface area contributed by atoms with Crippen LogP contribution in [0.25, 0.3) is 0 Å². The van der Waals surface area contributed by atoms with Gasteiger partial charge in [0, 0.05) is 12.8 Å².